The van der Waals surface area contributed by atoms with Crippen molar-refractivity contribution in [2.24, 2.45) is 33.8 Å². The van der Waals surface area contributed by atoms with Crippen molar-refractivity contribution in [3.8, 4) is 0 Å². The van der Waals surface area contributed by atoms with Crippen LogP contribution >= 0.6 is 0 Å². The number of nitrogens with two attached hydrogens (primary N) is 1. The Balaban J connectivity index is 2.14. The molecule has 0 aromatic rings. The zero-order chi connectivity index (χ0) is 14.8. The van der Waals surface area contributed by atoms with Crippen LogP contribution in [0.1, 0.15) is 86.0 Å². The smallest absolute Gasteiger partial charge is 0.0211 e. The molecule has 0 saturated heterocycles. The Morgan fingerprint density at radius 1 is 0.750 bits per heavy atom. The van der Waals surface area contributed by atoms with E-state index in [1.54, 1.807) is 0 Å². The summed E-state index contributed by atoms with van der Waals surface area (Å²) in [7, 11) is 0. The lowest BCUT2D eigenvalue weighted by molar-refractivity contribution is -0.0301. The van der Waals surface area contributed by atoms with Crippen molar-refractivity contribution in [3.05, 3.63) is 0 Å². The molecule has 3 saturated carbocycles. The number of fused-ring (bicyclic) bond motifs is 7. The van der Waals surface area contributed by atoms with Crippen LogP contribution in [0.25, 0.3) is 0 Å². The molecule has 0 heterocycles. The fourth-order valence-electron chi connectivity index (χ4n) is 6.33. The second-order valence-corrected chi connectivity index (χ2v) is 9.73. The summed E-state index contributed by atoms with van der Waals surface area (Å²) < 4.78 is 0. The molecule has 6 unspecified atom stereocenters. The third kappa shape index (κ3) is 1.84. The molecule has 0 spiro atoms. The summed E-state index contributed by atoms with van der Waals surface area (Å²) >= 11 is 0. The van der Waals surface area contributed by atoms with E-state index in [2.05, 4.69) is 34.6 Å². The lowest BCUT2D eigenvalue weighted by Gasteiger charge is -2.54. The van der Waals surface area contributed by atoms with Gasteiger partial charge in [0.1, 0.15) is 0 Å². The molecule has 1 heteroatoms. The molecule has 0 radical (unpaired) electrons. The summed E-state index contributed by atoms with van der Waals surface area (Å²) in [6.45, 7) is 12.7. The number of hydrogen-bond acceptors (Lipinski definition) is 1. The van der Waals surface area contributed by atoms with E-state index in [-0.39, 0.29) is 5.54 Å². The summed E-state index contributed by atoms with van der Waals surface area (Å²) in [6.07, 6.45) is 10.8. The van der Waals surface area contributed by atoms with E-state index in [1.165, 1.54) is 51.4 Å². The van der Waals surface area contributed by atoms with Crippen LogP contribution < -0.4 is 5.73 Å². The van der Waals surface area contributed by atoms with E-state index in [1.807, 2.05) is 0 Å². The molecule has 3 rings (SSSR count). The topological polar surface area (TPSA) is 26.0 Å². The molecule has 0 aromatic heterocycles. The Hall–Kier alpha value is -0.0400. The van der Waals surface area contributed by atoms with Gasteiger partial charge in [0, 0.05) is 5.54 Å². The Morgan fingerprint density at radius 2 is 1.35 bits per heavy atom. The first-order chi connectivity index (χ1) is 9.13. The average molecular weight is 277 g/mol. The standard InChI is InChI=1S/C19H35N/c1-14-11-16(3)9-10-19(20,12-15(14)2)18(5)8-6-7-17(16,4)13-18/h14-15H,6-13,20H2,1-5H3. The van der Waals surface area contributed by atoms with Crippen LogP contribution in [0.3, 0.4) is 0 Å². The van der Waals surface area contributed by atoms with E-state index in [4.69, 9.17) is 5.73 Å². The predicted molar refractivity (Wildman–Crippen MR) is 86.5 cm³/mol. The van der Waals surface area contributed by atoms with Crippen molar-refractivity contribution in [1.82, 2.24) is 0 Å². The van der Waals surface area contributed by atoms with Crippen molar-refractivity contribution < 1.29 is 0 Å². The normalized spacial score (nSPS) is 59.7. The predicted octanol–water partition coefficient (Wildman–Crippen LogP) is 5.14. The van der Waals surface area contributed by atoms with Gasteiger partial charge in [-0.1, -0.05) is 41.0 Å². The third-order valence-corrected chi connectivity index (χ3v) is 8.45. The molecule has 6 atom stereocenters. The molecule has 0 aliphatic heterocycles. The largest absolute Gasteiger partial charge is 0.325 e. The number of hydrogen-bond donors (Lipinski definition) is 1. The monoisotopic (exact) mass is 277 g/mol. The van der Waals surface area contributed by atoms with Gasteiger partial charge in [0.05, 0.1) is 0 Å². The van der Waals surface area contributed by atoms with Crippen molar-refractivity contribution in [1.29, 1.82) is 0 Å². The highest BCUT2D eigenvalue weighted by Crippen LogP contribution is 2.67. The van der Waals surface area contributed by atoms with Crippen LogP contribution in [0.15, 0.2) is 0 Å². The van der Waals surface area contributed by atoms with E-state index in [9.17, 15) is 0 Å². The molecule has 3 fully saturated rings. The molecule has 1 nitrogen and oxygen atoms in total. The van der Waals surface area contributed by atoms with Crippen LogP contribution in [0.4, 0.5) is 0 Å². The second kappa shape index (κ2) is 4.24. The highest BCUT2D eigenvalue weighted by molar-refractivity contribution is 5.13. The van der Waals surface area contributed by atoms with Gasteiger partial charge in [-0.3, -0.25) is 0 Å². The van der Waals surface area contributed by atoms with E-state index in [0.29, 0.717) is 16.2 Å². The zero-order valence-electron chi connectivity index (χ0n) is 14.4. The highest BCUT2D eigenvalue weighted by atomic mass is 14.8. The minimum absolute atomic E-state index is 0.0839. The molecule has 3 aliphatic rings. The molecule has 20 heavy (non-hydrogen) atoms. The van der Waals surface area contributed by atoms with Gasteiger partial charge in [-0.05, 0) is 73.0 Å². The van der Waals surface area contributed by atoms with Gasteiger partial charge < -0.3 is 5.73 Å². The van der Waals surface area contributed by atoms with Crippen LogP contribution in [-0.2, 0) is 0 Å². The Morgan fingerprint density at radius 3 is 2.05 bits per heavy atom. The Labute approximate surface area is 126 Å². The van der Waals surface area contributed by atoms with Gasteiger partial charge in [-0.25, -0.2) is 0 Å². The second-order valence-electron chi connectivity index (χ2n) is 9.73. The van der Waals surface area contributed by atoms with Gasteiger partial charge in [0.25, 0.3) is 0 Å². The van der Waals surface area contributed by atoms with Crippen molar-refractivity contribution >= 4 is 0 Å². The molecule has 4 bridgehead atoms. The van der Waals surface area contributed by atoms with Crippen LogP contribution in [0.2, 0.25) is 0 Å². The molecule has 0 amide bonds. The molecule has 2 N–H and O–H groups in total. The van der Waals surface area contributed by atoms with E-state index in [0.717, 1.165) is 11.8 Å². The maximum atomic E-state index is 7.12. The average Bonchev–Trinajstić information content (AvgIpc) is 2.37. The Bertz CT molecular complexity index is 369. The maximum Gasteiger partial charge on any atom is 0.0211 e. The molecular weight excluding hydrogens is 242 g/mol. The summed E-state index contributed by atoms with van der Waals surface area (Å²) in [5.41, 5.74) is 8.59. The van der Waals surface area contributed by atoms with Gasteiger partial charge >= 0.3 is 0 Å². The molecular formula is C19H35N. The van der Waals surface area contributed by atoms with Gasteiger partial charge in [-0.15, -0.1) is 0 Å². The number of rotatable bonds is 0. The summed E-state index contributed by atoms with van der Waals surface area (Å²) in [5.74, 6) is 1.60. The van der Waals surface area contributed by atoms with Gasteiger partial charge in [-0.2, -0.15) is 0 Å². The fraction of sp³-hybridized carbons (Fsp3) is 1.00. The van der Waals surface area contributed by atoms with E-state index < -0.39 is 0 Å². The first-order valence-electron chi connectivity index (χ1n) is 8.92. The van der Waals surface area contributed by atoms with Crippen molar-refractivity contribution in [3.63, 3.8) is 0 Å². The SMILES string of the molecule is CC1CC2(C)CCC(N)(CC1C)C1(C)CCCC2(C)C1. The van der Waals surface area contributed by atoms with Gasteiger partial charge in [0.15, 0.2) is 0 Å². The lowest BCUT2D eigenvalue weighted by Crippen LogP contribution is -2.56. The fourth-order valence-corrected chi connectivity index (χ4v) is 6.33. The summed E-state index contributed by atoms with van der Waals surface area (Å²) in [4.78, 5) is 0. The molecule has 0 aromatic carbocycles. The Kier molecular flexibility index (Phi) is 3.16. The van der Waals surface area contributed by atoms with Crippen molar-refractivity contribution in [2.75, 3.05) is 0 Å². The minimum Gasteiger partial charge on any atom is -0.325 e. The third-order valence-electron chi connectivity index (χ3n) is 8.45. The first-order valence-corrected chi connectivity index (χ1v) is 8.92. The molecule has 3 aliphatic carbocycles. The summed E-state index contributed by atoms with van der Waals surface area (Å²) in [5, 5.41) is 0. The molecule has 116 valence electrons. The highest BCUT2D eigenvalue weighted by Gasteiger charge is 2.60. The maximum absolute atomic E-state index is 7.12. The van der Waals surface area contributed by atoms with Crippen LogP contribution in [0.5, 0.6) is 0 Å². The van der Waals surface area contributed by atoms with Crippen molar-refractivity contribution in [2.45, 2.75) is 91.5 Å². The lowest BCUT2D eigenvalue weighted by atomic mass is 9.51. The zero-order valence-corrected chi connectivity index (χ0v) is 14.4. The summed E-state index contributed by atoms with van der Waals surface area (Å²) in [6, 6.07) is 0. The van der Waals surface area contributed by atoms with Crippen LogP contribution in [-0.4, -0.2) is 5.54 Å². The first kappa shape index (κ1) is 14.9. The van der Waals surface area contributed by atoms with E-state index >= 15 is 0 Å². The van der Waals surface area contributed by atoms with Crippen LogP contribution in [0, 0.1) is 28.1 Å². The van der Waals surface area contributed by atoms with Gasteiger partial charge in [0.2, 0.25) is 0 Å². The minimum atomic E-state index is 0.0839. The quantitative estimate of drug-likeness (QED) is 0.652.